The number of nitrogens with one attached hydrogen (secondary N) is 2. The average molecular weight is 575 g/mol. The molecule has 0 aliphatic heterocycles. The number of rotatable bonds is 15. The number of ether oxygens (including phenoxy) is 1. The molecule has 1 rings (SSSR count). The van der Waals surface area contributed by atoms with Crippen molar-refractivity contribution in [2.75, 3.05) is 6.54 Å². The monoisotopic (exact) mass is 574 g/mol. The summed E-state index contributed by atoms with van der Waals surface area (Å²) < 4.78 is 5.41. The van der Waals surface area contributed by atoms with E-state index in [0.29, 0.717) is 18.5 Å². The number of nitrogens with two attached hydrogens (primary N) is 1. The van der Waals surface area contributed by atoms with Crippen LogP contribution in [0.1, 0.15) is 123 Å². The fourth-order valence-electron chi connectivity index (χ4n) is 4.70. The van der Waals surface area contributed by atoms with E-state index in [0.717, 1.165) is 43.2 Å². The number of amides is 4. The quantitative estimate of drug-likeness (QED) is 0.235. The van der Waals surface area contributed by atoms with E-state index in [9.17, 15) is 19.2 Å². The summed E-state index contributed by atoms with van der Waals surface area (Å²) in [7, 11) is 0. The average Bonchev–Trinajstić information content (AvgIpc) is 2.79. The van der Waals surface area contributed by atoms with Gasteiger partial charge in [0.15, 0.2) is 0 Å². The lowest BCUT2D eigenvalue weighted by Crippen LogP contribution is -2.55. The topological polar surface area (TPSA) is 131 Å². The smallest absolute Gasteiger partial charge is 0.408 e. The van der Waals surface area contributed by atoms with Crippen LogP contribution in [0.4, 0.5) is 4.79 Å². The van der Waals surface area contributed by atoms with Gasteiger partial charge in [0.1, 0.15) is 17.7 Å². The molecule has 0 heterocycles. The van der Waals surface area contributed by atoms with E-state index in [2.05, 4.69) is 17.6 Å². The molecule has 41 heavy (non-hydrogen) atoms. The highest BCUT2D eigenvalue weighted by Gasteiger charge is 2.37. The molecule has 4 N–H and O–H groups in total. The highest BCUT2D eigenvalue weighted by molar-refractivity contribution is 5.92. The zero-order valence-electron chi connectivity index (χ0n) is 26.8. The van der Waals surface area contributed by atoms with Crippen LogP contribution in [-0.2, 0) is 19.1 Å². The van der Waals surface area contributed by atoms with Crippen LogP contribution in [0.25, 0.3) is 0 Å². The second-order valence-corrected chi connectivity index (χ2v) is 13.1. The maximum atomic E-state index is 14.3. The van der Waals surface area contributed by atoms with Crippen molar-refractivity contribution in [3.05, 3.63) is 34.9 Å². The number of hydrogen-bond donors (Lipinski definition) is 3. The molecule has 2 unspecified atom stereocenters. The lowest BCUT2D eigenvalue weighted by molar-refractivity contribution is -0.143. The van der Waals surface area contributed by atoms with Gasteiger partial charge in [-0.15, -0.1) is 0 Å². The summed E-state index contributed by atoms with van der Waals surface area (Å²) in [6, 6.07) is 3.81. The minimum Gasteiger partial charge on any atom is -0.444 e. The first-order valence-electron chi connectivity index (χ1n) is 14.9. The number of unbranched alkanes of at least 4 members (excludes halogenated alkanes) is 5. The summed E-state index contributed by atoms with van der Waals surface area (Å²) in [5.74, 6) is -1.36. The third-order valence-electron chi connectivity index (χ3n) is 6.32. The van der Waals surface area contributed by atoms with Crippen LogP contribution in [0, 0.1) is 13.8 Å². The summed E-state index contributed by atoms with van der Waals surface area (Å²) >= 11 is 0. The molecule has 0 saturated carbocycles. The molecule has 0 bridgehead atoms. The maximum absolute atomic E-state index is 14.3. The van der Waals surface area contributed by atoms with E-state index >= 15 is 0 Å². The van der Waals surface area contributed by atoms with E-state index in [-0.39, 0.29) is 18.7 Å². The van der Waals surface area contributed by atoms with Gasteiger partial charge in [-0.1, -0.05) is 68.4 Å². The van der Waals surface area contributed by atoms with E-state index in [1.807, 2.05) is 52.8 Å². The predicted molar refractivity (Wildman–Crippen MR) is 163 cm³/mol. The van der Waals surface area contributed by atoms with Crippen molar-refractivity contribution in [3.8, 4) is 0 Å². The standard InChI is InChI=1S/C32H54N4O5/c1-10-11-12-13-14-15-18-36(29(39)25(16-17-26(33)37)34-30(40)41-32(7,8)9)27(28(38)35-31(4,5)6)24-20-22(2)19-23(3)21-24/h19-21,25,27H,10-18H2,1-9H3,(H2,33,37)(H,34,40)(H,35,38). The molecule has 0 radical (unpaired) electrons. The predicted octanol–water partition coefficient (Wildman–Crippen LogP) is 5.61. The highest BCUT2D eigenvalue weighted by Crippen LogP contribution is 2.27. The summed E-state index contributed by atoms with van der Waals surface area (Å²) in [6.45, 7) is 17.2. The van der Waals surface area contributed by atoms with Gasteiger partial charge in [-0.2, -0.15) is 0 Å². The Balaban J connectivity index is 3.57. The van der Waals surface area contributed by atoms with Crippen molar-refractivity contribution in [1.29, 1.82) is 0 Å². The Hall–Kier alpha value is -3.10. The van der Waals surface area contributed by atoms with Crippen molar-refractivity contribution >= 4 is 23.8 Å². The minimum atomic E-state index is -1.10. The molecule has 2 atom stereocenters. The van der Waals surface area contributed by atoms with Gasteiger partial charge in [0.25, 0.3) is 0 Å². The number of alkyl carbamates (subject to hydrolysis) is 1. The normalized spacial score (nSPS) is 13.2. The van der Waals surface area contributed by atoms with Crippen LogP contribution in [0.3, 0.4) is 0 Å². The van der Waals surface area contributed by atoms with Crippen molar-refractivity contribution in [2.24, 2.45) is 5.73 Å². The molecule has 4 amide bonds. The fourth-order valence-corrected chi connectivity index (χ4v) is 4.70. The molecule has 0 spiro atoms. The Bertz CT molecular complexity index is 1010. The Labute approximate surface area is 247 Å². The Kier molecular flexibility index (Phi) is 14.3. The molecular formula is C32H54N4O5. The number of hydrogen-bond acceptors (Lipinski definition) is 5. The van der Waals surface area contributed by atoms with Crippen molar-refractivity contribution in [1.82, 2.24) is 15.5 Å². The van der Waals surface area contributed by atoms with Gasteiger partial charge in [0, 0.05) is 18.5 Å². The number of primary amides is 1. The van der Waals surface area contributed by atoms with Gasteiger partial charge in [0.05, 0.1) is 0 Å². The number of benzene rings is 1. The van der Waals surface area contributed by atoms with Crippen molar-refractivity contribution < 1.29 is 23.9 Å². The van der Waals surface area contributed by atoms with E-state index in [1.165, 1.54) is 0 Å². The zero-order chi connectivity index (χ0) is 31.4. The molecule has 0 aromatic heterocycles. The van der Waals surface area contributed by atoms with Crippen molar-refractivity contribution in [2.45, 2.75) is 137 Å². The summed E-state index contributed by atoms with van der Waals surface area (Å²) in [6.07, 6.45) is 5.10. The van der Waals surface area contributed by atoms with Gasteiger partial charge >= 0.3 is 6.09 Å². The van der Waals surface area contributed by atoms with Crippen LogP contribution in [0.15, 0.2) is 18.2 Å². The molecule has 1 aromatic rings. The van der Waals surface area contributed by atoms with Crippen LogP contribution in [0.2, 0.25) is 0 Å². The lowest BCUT2D eigenvalue weighted by atomic mass is 9.96. The molecule has 232 valence electrons. The van der Waals surface area contributed by atoms with Crippen LogP contribution in [-0.4, -0.2) is 52.4 Å². The third-order valence-corrected chi connectivity index (χ3v) is 6.32. The number of carbonyl (C=O) groups is 4. The molecule has 0 aliphatic carbocycles. The lowest BCUT2D eigenvalue weighted by Gasteiger charge is -2.36. The van der Waals surface area contributed by atoms with Crippen LogP contribution in [0.5, 0.6) is 0 Å². The molecule has 1 aromatic carbocycles. The first kappa shape index (κ1) is 35.9. The number of aryl methyl sites for hydroxylation is 2. The minimum absolute atomic E-state index is 0.0130. The summed E-state index contributed by atoms with van der Waals surface area (Å²) in [5.41, 5.74) is 6.72. The first-order valence-corrected chi connectivity index (χ1v) is 14.9. The Morgan fingerprint density at radius 3 is 1.98 bits per heavy atom. The third kappa shape index (κ3) is 14.4. The second kappa shape index (κ2) is 16.4. The van der Waals surface area contributed by atoms with Crippen molar-refractivity contribution in [3.63, 3.8) is 0 Å². The molecule has 0 fully saturated rings. The van der Waals surface area contributed by atoms with Gasteiger partial charge in [0.2, 0.25) is 17.7 Å². The number of carbonyl (C=O) groups excluding carboxylic acids is 4. The first-order chi connectivity index (χ1) is 18.9. The van der Waals surface area contributed by atoms with Gasteiger partial charge in [-0.25, -0.2) is 4.79 Å². The zero-order valence-corrected chi connectivity index (χ0v) is 26.8. The summed E-state index contributed by atoms with van der Waals surface area (Å²) in [4.78, 5) is 54.2. The molecule has 9 nitrogen and oxygen atoms in total. The van der Waals surface area contributed by atoms with Gasteiger partial charge in [-0.3, -0.25) is 14.4 Å². The van der Waals surface area contributed by atoms with Crippen LogP contribution < -0.4 is 16.4 Å². The molecular weight excluding hydrogens is 520 g/mol. The molecule has 9 heteroatoms. The number of nitrogens with zero attached hydrogens (tertiary/aromatic N) is 1. The SMILES string of the molecule is CCCCCCCCN(C(=O)C(CCC(N)=O)NC(=O)OC(C)(C)C)C(C(=O)NC(C)(C)C)c1cc(C)cc(C)c1. The van der Waals surface area contributed by atoms with E-state index in [4.69, 9.17) is 10.5 Å². The summed E-state index contributed by atoms with van der Waals surface area (Å²) in [5, 5.41) is 5.70. The van der Waals surface area contributed by atoms with Gasteiger partial charge < -0.3 is 26.0 Å². The van der Waals surface area contributed by atoms with Crippen LogP contribution >= 0.6 is 0 Å². The Morgan fingerprint density at radius 1 is 0.902 bits per heavy atom. The Morgan fingerprint density at radius 2 is 1.46 bits per heavy atom. The van der Waals surface area contributed by atoms with Gasteiger partial charge in [-0.05, 0) is 73.8 Å². The highest BCUT2D eigenvalue weighted by atomic mass is 16.6. The van der Waals surface area contributed by atoms with E-state index < -0.39 is 41.1 Å². The largest absolute Gasteiger partial charge is 0.444 e. The maximum Gasteiger partial charge on any atom is 0.408 e. The fraction of sp³-hybridized carbons (Fsp3) is 0.688. The van der Waals surface area contributed by atoms with E-state index in [1.54, 1.807) is 25.7 Å². The second-order valence-electron chi connectivity index (χ2n) is 13.1. The molecule has 0 saturated heterocycles. The molecule has 0 aliphatic rings.